The van der Waals surface area contributed by atoms with Crippen molar-refractivity contribution in [3.8, 4) is 17.1 Å². The van der Waals surface area contributed by atoms with Crippen LogP contribution >= 0.6 is 0 Å². The summed E-state index contributed by atoms with van der Waals surface area (Å²) in [7, 11) is 1.53. The molecule has 0 aliphatic carbocycles. The van der Waals surface area contributed by atoms with Crippen LogP contribution in [0.4, 0.5) is 5.69 Å². The third-order valence-corrected chi connectivity index (χ3v) is 2.06. The van der Waals surface area contributed by atoms with Crippen LogP contribution < -0.4 is 4.74 Å². The first-order valence-corrected chi connectivity index (χ1v) is 4.50. The lowest BCUT2D eigenvalue weighted by Crippen LogP contribution is -1.86. The first-order chi connectivity index (χ1) is 7.85. The van der Waals surface area contributed by atoms with Crippen molar-refractivity contribution >= 4 is 11.8 Å². The second kappa shape index (κ2) is 4.42. The predicted molar refractivity (Wildman–Crippen MR) is 56.3 cm³/mol. The van der Waals surface area contributed by atoms with Gasteiger partial charge in [0.25, 0.3) is 0 Å². The number of oxazole rings is 1. The number of isocyanates is 1. The van der Waals surface area contributed by atoms with E-state index in [1.54, 1.807) is 24.4 Å². The number of aliphatic imine (C=N–C) groups is 1. The summed E-state index contributed by atoms with van der Waals surface area (Å²) in [5.74, 6) is 1.16. The highest BCUT2D eigenvalue weighted by Crippen LogP contribution is 2.32. The maximum absolute atomic E-state index is 10.1. The molecule has 0 radical (unpaired) electrons. The molecule has 1 aromatic heterocycles. The zero-order valence-electron chi connectivity index (χ0n) is 8.51. The average Bonchev–Trinajstić information content (AvgIpc) is 2.83. The van der Waals surface area contributed by atoms with Gasteiger partial charge in [-0.3, -0.25) is 0 Å². The predicted octanol–water partition coefficient (Wildman–Crippen LogP) is 2.32. The first kappa shape index (κ1) is 10.1. The van der Waals surface area contributed by atoms with Gasteiger partial charge in [-0.25, -0.2) is 9.78 Å². The summed E-state index contributed by atoms with van der Waals surface area (Å²) in [5.41, 5.74) is 1.24. The number of hydrogen-bond donors (Lipinski definition) is 0. The zero-order valence-corrected chi connectivity index (χ0v) is 8.51. The molecule has 0 aliphatic heterocycles. The molecule has 0 saturated heterocycles. The van der Waals surface area contributed by atoms with Crippen molar-refractivity contribution in [3.05, 3.63) is 30.8 Å². The van der Waals surface area contributed by atoms with Gasteiger partial charge >= 0.3 is 0 Å². The molecular formula is C11H8N2O3. The fourth-order valence-electron chi connectivity index (χ4n) is 1.35. The Balaban J connectivity index is 2.51. The highest BCUT2D eigenvalue weighted by molar-refractivity contribution is 5.69. The number of nitrogens with zero attached hydrogens (tertiary/aromatic N) is 2. The number of hydrogen-bond acceptors (Lipinski definition) is 5. The minimum Gasteiger partial charge on any atom is -0.496 e. The normalized spacial score (nSPS) is 9.56. The molecule has 1 aromatic carbocycles. The smallest absolute Gasteiger partial charge is 0.240 e. The lowest BCUT2D eigenvalue weighted by Gasteiger charge is -2.05. The Morgan fingerprint density at radius 1 is 1.50 bits per heavy atom. The largest absolute Gasteiger partial charge is 0.496 e. The third-order valence-electron chi connectivity index (χ3n) is 2.06. The number of aromatic nitrogens is 1. The lowest BCUT2D eigenvalue weighted by molar-refractivity contribution is 0.415. The number of carbonyl (C=O) groups excluding carboxylic acids is 1. The summed E-state index contributed by atoms with van der Waals surface area (Å²) < 4.78 is 10.3. The Labute approximate surface area is 91.4 Å². The maximum Gasteiger partial charge on any atom is 0.240 e. The van der Waals surface area contributed by atoms with Crippen LogP contribution in [0.1, 0.15) is 0 Å². The number of rotatable bonds is 3. The average molecular weight is 216 g/mol. The molecule has 0 N–H and O–H groups in total. The minimum atomic E-state index is 0.482. The van der Waals surface area contributed by atoms with E-state index in [0.29, 0.717) is 17.2 Å². The van der Waals surface area contributed by atoms with Crippen LogP contribution in [0.3, 0.4) is 0 Å². The van der Waals surface area contributed by atoms with Crippen molar-refractivity contribution in [1.29, 1.82) is 0 Å². The zero-order chi connectivity index (χ0) is 11.4. The summed E-state index contributed by atoms with van der Waals surface area (Å²) in [5, 5.41) is 0. The van der Waals surface area contributed by atoms with Crippen molar-refractivity contribution < 1.29 is 13.9 Å². The van der Waals surface area contributed by atoms with E-state index in [9.17, 15) is 4.79 Å². The van der Waals surface area contributed by atoms with E-state index < -0.39 is 0 Å². The second-order valence-electron chi connectivity index (χ2n) is 2.95. The Morgan fingerprint density at radius 2 is 2.38 bits per heavy atom. The van der Waals surface area contributed by atoms with E-state index in [1.807, 2.05) is 0 Å². The van der Waals surface area contributed by atoms with E-state index >= 15 is 0 Å². The minimum absolute atomic E-state index is 0.482. The van der Waals surface area contributed by atoms with Crippen LogP contribution in [0.15, 0.2) is 40.2 Å². The van der Waals surface area contributed by atoms with E-state index in [-0.39, 0.29) is 0 Å². The number of ether oxygens (including phenoxy) is 1. The molecule has 2 aromatic rings. The standard InChI is InChI=1S/C11H8N2O3/c1-15-10-4-8(13-6-14)2-3-9(10)11-5-12-7-16-11/h2-5,7H,1H3. The van der Waals surface area contributed by atoms with Gasteiger partial charge in [0.05, 0.1) is 24.6 Å². The Bertz CT molecular complexity index is 528. The quantitative estimate of drug-likeness (QED) is 0.583. The van der Waals surface area contributed by atoms with E-state index in [0.717, 1.165) is 5.56 Å². The van der Waals surface area contributed by atoms with E-state index in [2.05, 4.69) is 9.98 Å². The highest BCUT2D eigenvalue weighted by atomic mass is 16.5. The maximum atomic E-state index is 10.1. The highest BCUT2D eigenvalue weighted by Gasteiger charge is 2.09. The molecule has 0 bridgehead atoms. The summed E-state index contributed by atoms with van der Waals surface area (Å²) in [4.78, 5) is 17.5. The molecule has 5 heteroatoms. The second-order valence-corrected chi connectivity index (χ2v) is 2.95. The molecule has 0 fully saturated rings. The van der Waals surface area contributed by atoms with Gasteiger partial charge in [0, 0.05) is 6.07 Å². The van der Waals surface area contributed by atoms with Crippen LogP contribution in [0, 0.1) is 0 Å². The van der Waals surface area contributed by atoms with Crippen LogP contribution in [0.25, 0.3) is 11.3 Å². The monoisotopic (exact) mass is 216 g/mol. The van der Waals surface area contributed by atoms with Crippen molar-refractivity contribution in [1.82, 2.24) is 4.98 Å². The number of methoxy groups -OCH3 is 1. The molecule has 0 spiro atoms. The summed E-state index contributed by atoms with van der Waals surface area (Å²) in [6.07, 6.45) is 4.40. The third kappa shape index (κ3) is 1.85. The molecule has 1 heterocycles. The van der Waals surface area contributed by atoms with Gasteiger partial charge < -0.3 is 9.15 Å². The van der Waals surface area contributed by atoms with Crippen LogP contribution in [0.5, 0.6) is 5.75 Å². The van der Waals surface area contributed by atoms with Gasteiger partial charge in [0.2, 0.25) is 6.08 Å². The topological polar surface area (TPSA) is 64.7 Å². The Kier molecular flexibility index (Phi) is 2.80. The fraction of sp³-hybridized carbons (Fsp3) is 0.0909. The SMILES string of the molecule is COc1cc(N=C=O)ccc1-c1cnco1. The van der Waals surface area contributed by atoms with Gasteiger partial charge in [-0.1, -0.05) is 0 Å². The molecule has 0 atom stereocenters. The molecule has 5 nitrogen and oxygen atoms in total. The van der Waals surface area contributed by atoms with Gasteiger partial charge in [0.1, 0.15) is 5.75 Å². The van der Waals surface area contributed by atoms with Crippen molar-refractivity contribution in [2.75, 3.05) is 7.11 Å². The number of benzene rings is 1. The molecule has 0 aliphatic rings. The van der Waals surface area contributed by atoms with Crippen LogP contribution in [0.2, 0.25) is 0 Å². The molecular weight excluding hydrogens is 208 g/mol. The molecule has 0 saturated carbocycles. The van der Waals surface area contributed by atoms with E-state index in [1.165, 1.54) is 19.6 Å². The van der Waals surface area contributed by atoms with Gasteiger partial charge in [0.15, 0.2) is 12.2 Å². The van der Waals surface area contributed by atoms with Crippen molar-refractivity contribution in [3.63, 3.8) is 0 Å². The van der Waals surface area contributed by atoms with Gasteiger partial charge in [-0.2, -0.15) is 4.99 Å². The fourth-order valence-corrected chi connectivity index (χ4v) is 1.35. The molecule has 80 valence electrons. The molecule has 2 rings (SSSR count). The van der Waals surface area contributed by atoms with Crippen molar-refractivity contribution in [2.24, 2.45) is 4.99 Å². The van der Waals surface area contributed by atoms with E-state index in [4.69, 9.17) is 9.15 Å². The van der Waals surface area contributed by atoms with Crippen LogP contribution in [-0.2, 0) is 4.79 Å². The summed E-state index contributed by atoms with van der Waals surface area (Å²) in [6, 6.07) is 5.05. The summed E-state index contributed by atoms with van der Waals surface area (Å²) >= 11 is 0. The van der Waals surface area contributed by atoms with Crippen molar-refractivity contribution in [2.45, 2.75) is 0 Å². The lowest BCUT2D eigenvalue weighted by atomic mass is 10.1. The first-order valence-electron chi connectivity index (χ1n) is 4.50. The molecule has 0 amide bonds. The Hall–Kier alpha value is -2.39. The molecule has 0 unspecified atom stereocenters. The van der Waals surface area contributed by atoms with Crippen LogP contribution in [-0.4, -0.2) is 18.2 Å². The summed E-state index contributed by atoms with van der Waals surface area (Å²) in [6.45, 7) is 0. The van der Waals surface area contributed by atoms with Gasteiger partial charge in [-0.05, 0) is 12.1 Å². The Morgan fingerprint density at radius 3 is 3.00 bits per heavy atom. The van der Waals surface area contributed by atoms with Gasteiger partial charge in [-0.15, -0.1) is 0 Å². The molecule has 16 heavy (non-hydrogen) atoms.